The second kappa shape index (κ2) is 8.72. The molecule has 0 spiro atoms. The molecule has 0 saturated carbocycles. The molecule has 0 radical (unpaired) electrons. The number of carboxylic acids is 1. The van der Waals surface area contributed by atoms with Gasteiger partial charge in [-0.05, 0) is 31.6 Å². The molecule has 4 heteroatoms. The molecular formula is C14H25NO3. The van der Waals surface area contributed by atoms with Crippen molar-refractivity contribution in [1.82, 2.24) is 5.32 Å². The first-order chi connectivity index (χ1) is 8.36. The highest BCUT2D eigenvalue weighted by Crippen LogP contribution is 2.14. The Morgan fingerprint density at radius 2 is 1.89 bits per heavy atom. The van der Waals surface area contributed by atoms with Gasteiger partial charge in [0.25, 0.3) is 0 Å². The summed E-state index contributed by atoms with van der Waals surface area (Å²) in [5, 5.41) is 11.5. The number of carboxylic acid groups (broad SMARTS) is 1. The van der Waals surface area contributed by atoms with Crippen molar-refractivity contribution in [2.45, 2.75) is 53.0 Å². The number of hydrogen-bond donors (Lipinski definition) is 2. The summed E-state index contributed by atoms with van der Waals surface area (Å²) in [5.41, 5.74) is 0. The molecule has 0 rings (SSSR count). The van der Waals surface area contributed by atoms with Crippen molar-refractivity contribution in [1.29, 1.82) is 0 Å². The maximum atomic E-state index is 11.7. The van der Waals surface area contributed by atoms with Crippen LogP contribution in [0.3, 0.4) is 0 Å². The highest BCUT2D eigenvalue weighted by Gasteiger charge is 2.19. The van der Waals surface area contributed by atoms with E-state index in [2.05, 4.69) is 19.2 Å². The summed E-state index contributed by atoms with van der Waals surface area (Å²) in [6.07, 6.45) is 5.22. The number of carbonyl (C=O) groups is 2. The lowest BCUT2D eigenvalue weighted by Gasteiger charge is -2.16. The van der Waals surface area contributed by atoms with Gasteiger partial charge in [-0.2, -0.15) is 0 Å². The van der Waals surface area contributed by atoms with E-state index in [0.29, 0.717) is 18.8 Å². The molecule has 0 aliphatic rings. The molecule has 4 nitrogen and oxygen atoms in total. The van der Waals surface area contributed by atoms with Crippen LogP contribution in [0.5, 0.6) is 0 Å². The molecule has 2 atom stereocenters. The first-order valence-corrected chi connectivity index (χ1v) is 6.50. The molecule has 0 aromatic rings. The predicted molar refractivity (Wildman–Crippen MR) is 72.2 cm³/mol. The van der Waals surface area contributed by atoms with Crippen molar-refractivity contribution >= 4 is 11.9 Å². The van der Waals surface area contributed by atoms with E-state index in [0.717, 1.165) is 6.42 Å². The summed E-state index contributed by atoms with van der Waals surface area (Å²) in [5.74, 6) is -0.342. The topological polar surface area (TPSA) is 66.4 Å². The summed E-state index contributed by atoms with van der Waals surface area (Å²) in [4.78, 5) is 22.7. The molecule has 1 amide bonds. The molecule has 2 unspecified atom stereocenters. The summed E-state index contributed by atoms with van der Waals surface area (Å²) >= 11 is 0. The van der Waals surface area contributed by atoms with Gasteiger partial charge in [0.15, 0.2) is 0 Å². The summed E-state index contributed by atoms with van der Waals surface area (Å²) in [7, 11) is 0. The van der Waals surface area contributed by atoms with Crippen molar-refractivity contribution in [3.8, 4) is 0 Å². The number of aliphatic carboxylic acids is 1. The van der Waals surface area contributed by atoms with Gasteiger partial charge in [-0.1, -0.05) is 32.9 Å². The maximum Gasteiger partial charge on any atom is 0.326 e. The number of hydrogen-bond acceptors (Lipinski definition) is 2. The van der Waals surface area contributed by atoms with Crippen molar-refractivity contribution < 1.29 is 14.7 Å². The SMILES string of the molecule is C/C=C/CC(NC(=O)CC(C)CC(C)C)C(=O)O. The van der Waals surface area contributed by atoms with Crippen LogP contribution in [0.1, 0.15) is 47.0 Å². The van der Waals surface area contributed by atoms with E-state index in [1.54, 1.807) is 12.2 Å². The van der Waals surface area contributed by atoms with Gasteiger partial charge in [0, 0.05) is 6.42 Å². The average molecular weight is 255 g/mol. The van der Waals surface area contributed by atoms with E-state index in [1.807, 2.05) is 13.8 Å². The largest absolute Gasteiger partial charge is 0.480 e. The Balaban J connectivity index is 4.21. The van der Waals surface area contributed by atoms with Crippen LogP contribution in [0.25, 0.3) is 0 Å². The molecule has 0 aliphatic carbocycles. The molecule has 0 aromatic carbocycles. The molecule has 0 bridgehead atoms. The Hall–Kier alpha value is -1.32. The highest BCUT2D eigenvalue weighted by atomic mass is 16.4. The zero-order valence-electron chi connectivity index (χ0n) is 11.8. The molecule has 0 aromatic heterocycles. The Morgan fingerprint density at radius 3 is 2.33 bits per heavy atom. The summed E-state index contributed by atoms with van der Waals surface area (Å²) in [6.45, 7) is 8.06. The van der Waals surface area contributed by atoms with E-state index < -0.39 is 12.0 Å². The van der Waals surface area contributed by atoms with Gasteiger partial charge >= 0.3 is 5.97 Å². The fourth-order valence-corrected chi connectivity index (χ4v) is 1.95. The van der Waals surface area contributed by atoms with E-state index in [-0.39, 0.29) is 11.8 Å². The van der Waals surface area contributed by atoms with Gasteiger partial charge in [0.1, 0.15) is 6.04 Å². The molecule has 0 aliphatic heterocycles. The Bertz CT molecular complexity index is 297. The van der Waals surface area contributed by atoms with E-state index in [1.165, 1.54) is 0 Å². The molecule has 2 N–H and O–H groups in total. The lowest BCUT2D eigenvalue weighted by molar-refractivity contribution is -0.141. The van der Waals surface area contributed by atoms with Crippen LogP contribution in [0.4, 0.5) is 0 Å². The maximum absolute atomic E-state index is 11.7. The molecule has 0 saturated heterocycles. The van der Waals surface area contributed by atoms with Gasteiger partial charge in [0.2, 0.25) is 5.91 Å². The van der Waals surface area contributed by atoms with Crippen molar-refractivity contribution in [2.24, 2.45) is 11.8 Å². The van der Waals surface area contributed by atoms with Crippen molar-refractivity contribution in [2.75, 3.05) is 0 Å². The first-order valence-electron chi connectivity index (χ1n) is 6.50. The van der Waals surface area contributed by atoms with Crippen LogP contribution < -0.4 is 5.32 Å². The third-order valence-electron chi connectivity index (χ3n) is 2.65. The fourth-order valence-electron chi connectivity index (χ4n) is 1.95. The minimum absolute atomic E-state index is 0.181. The number of nitrogens with one attached hydrogen (secondary N) is 1. The van der Waals surface area contributed by atoms with Gasteiger partial charge in [-0.3, -0.25) is 4.79 Å². The Kier molecular flexibility index (Phi) is 8.08. The Labute approximate surface area is 109 Å². The van der Waals surface area contributed by atoms with Crippen LogP contribution >= 0.6 is 0 Å². The predicted octanol–water partition coefficient (Wildman–Crippen LogP) is 2.59. The van der Waals surface area contributed by atoms with E-state index in [4.69, 9.17) is 5.11 Å². The monoisotopic (exact) mass is 255 g/mol. The Morgan fingerprint density at radius 1 is 1.28 bits per heavy atom. The number of carbonyl (C=O) groups excluding carboxylic acids is 1. The molecule has 0 heterocycles. The second-order valence-electron chi connectivity index (χ2n) is 5.20. The van der Waals surface area contributed by atoms with Crippen molar-refractivity contribution in [3.05, 3.63) is 12.2 Å². The van der Waals surface area contributed by atoms with E-state index >= 15 is 0 Å². The van der Waals surface area contributed by atoms with Crippen LogP contribution in [0.2, 0.25) is 0 Å². The van der Waals surface area contributed by atoms with E-state index in [9.17, 15) is 9.59 Å². The van der Waals surface area contributed by atoms with Crippen LogP contribution in [-0.2, 0) is 9.59 Å². The standard InChI is InChI=1S/C14H25NO3/c1-5-6-7-12(14(17)18)15-13(16)9-11(4)8-10(2)3/h5-6,10-12H,7-9H2,1-4H3,(H,15,16)(H,17,18)/b6-5+. The quantitative estimate of drug-likeness (QED) is 0.655. The minimum atomic E-state index is -0.988. The minimum Gasteiger partial charge on any atom is -0.480 e. The van der Waals surface area contributed by atoms with Crippen LogP contribution in [-0.4, -0.2) is 23.0 Å². The number of rotatable bonds is 8. The number of allylic oxidation sites excluding steroid dienone is 1. The second-order valence-corrected chi connectivity index (χ2v) is 5.20. The lowest BCUT2D eigenvalue weighted by atomic mass is 9.95. The molecular weight excluding hydrogens is 230 g/mol. The lowest BCUT2D eigenvalue weighted by Crippen LogP contribution is -2.40. The van der Waals surface area contributed by atoms with Gasteiger partial charge in [0.05, 0.1) is 0 Å². The van der Waals surface area contributed by atoms with Crippen molar-refractivity contribution in [3.63, 3.8) is 0 Å². The van der Waals surface area contributed by atoms with Crippen LogP contribution in [0, 0.1) is 11.8 Å². The zero-order valence-corrected chi connectivity index (χ0v) is 11.8. The summed E-state index contributed by atoms with van der Waals surface area (Å²) in [6, 6.07) is -0.819. The molecule has 104 valence electrons. The smallest absolute Gasteiger partial charge is 0.326 e. The molecule has 0 fully saturated rings. The highest BCUT2D eigenvalue weighted by molar-refractivity contribution is 5.83. The van der Waals surface area contributed by atoms with Gasteiger partial charge in [-0.25, -0.2) is 4.79 Å². The summed E-state index contributed by atoms with van der Waals surface area (Å²) < 4.78 is 0. The third kappa shape index (κ3) is 7.87. The molecule has 18 heavy (non-hydrogen) atoms. The van der Waals surface area contributed by atoms with Gasteiger partial charge in [-0.15, -0.1) is 0 Å². The van der Waals surface area contributed by atoms with Crippen LogP contribution in [0.15, 0.2) is 12.2 Å². The normalized spacial score (nSPS) is 14.7. The zero-order chi connectivity index (χ0) is 14.1. The third-order valence-corrected chi connectivity index (χ3v) is 2.65. The first kappa shape index (κ1) is 16.7. The number of amides is 1. The van der Waals surface area contributed by atoms with Gasteiger partial charge < -0.3 is 10.4 Å². The average Bonchev–Trinajstić information content (AvgIpc) is 2.22. The fraction of sp³-hybridized carbons (Fsp3) is 0.714.